The quantitative estimate of drug-likeness (QED) is 0.784. The van der Waals surface area contributed by atoms with Gasteiger partial charge in [0.05, 0.1) is 0 Å². The van der Waals surface area contributed by atoms with Gasteiger partial charge in [0, 0.05) is 18.5 Å². The third-order valence-corrected chi connectivity index (χ3v) is 4.61. The molecule has 118 valence electrons. The van der Waals surface area contributed by atoms with E-state index >= 15 is 0 Å². The van der Waals surface area contributed by atoms with E-state index in [-0.39, 0.29) is 5.60 Å². The van der Waals surface area contributed by atoms with Gasteiger partial charge in [-0.15, -0.1) is 0 Å². The maximum Gasteiger partial charge on any atom is 0.160 e. The summed E-state index contributed by atoms with van der Waals surface area (Å²) in [6.45, 7) is 8.46. The van der Waals surface area contributed by atoms with E-state index in [2.05, 4.69) is 26.1 Å². The molecule has 0 radical (unpaired) electrons. The highest BCUT2D eigenvalue weighted by atomic mass is 16.5. The molecule has 0 atom stereocenters. The van der Waals surface area contributed by atoms with E-state index < -0.39 is 0 Å². The minimum Gasteiger partial charge on any atom is -0.370 e. The van der Waals surface area contributed by atoms with Crippen molar-refractivity contribution >= 4 is 0 Å². The molecule has 1 aromatic heterocycles. The van der Waals surface area contributed by atoms with E-state index in [0.717, 1.165) is 49.6 Å². The van der Waals surface area contributed by atoms with Crippen molar-refractivity contribution in [3.8, 4) is 0 Å². The fourth-order valence-electron chi connectivity index (χ4n) is 3.29. The van der Waals surface area contributed by atoms with Crippen LogP contribution in [0.4, 0.5) is 0 Å². The number of hydrogen-bond acceptors (Lipinski definition) is 4. The SMILES string of the molecule is CCCNCCc1c(C)nc(C2(OC)CCCC2)nc1C. The van der Waals surface area contributed by atoms with E-state index in [4.69, 9.17) is 14.7 Å². The highest BCUT2D eigenvalue weighted by molar-refractivity contribution is 5.26. The standard InChI is InChI=1S/C17H29N3O/c1-5-11-18-12-8-15-13(2)19-16(20-14(15)3)17(21-4)9-6-7-10-17/h18H,5-12H2,1-4H3. The van der Waals surface area contributed by atoms with Crippen LogP contribution in [0, 0.1) is 13.8 Å². The zero-order valence-corrected chi connectivity index (χ0v) is 14.0. The van der Waals surface area contributed by atoms with Crippen LogP contribution in [0.15, 0.2) is 0 Å². The fourth-order valence-corrected chi connectivity index (χ4v) is 3.29. The van der Waals surface area contributed by atoms with E-state index in [1.807, 2.05) is 0 Å². The molecule has 0 unspecified atom stereocenters. The predicted molar refractivity (Wildman–Crippen MR) is 85.5 cm³/mol. The van der Waals surface area contributed by atoms with Crippen LogP contribution in [-0.4, -0.2) is 30.2 Å². The molecule has 4 heteroatoms. The Kier molecular flexibility index (Phi) is 5.71. The van der Waals surface area contributed by atoms with Crippen molar-refractivity contribution in [2.45, 2.75) is 64.9 Å². The molecular formula is C17H29N3O. The van der Waals surface area contributed by atoms with Gasteiger partial charge in [0.15, 0.2) is 5.82 Å². The number of aromatic nitrogens is 2. The van der Waals surface area contributed by atoms with Gasteiger partial charge in [-0.3, -0.25) is 0 Å². The number of hydrogen-bond donors (Lipinski definition) is 1. The normalized spacial score (nSPS) is 17.3. The van der Waals surface area contributed by atoms with Crippen LogP contribution in [0.1, 0.15) is 61.8 Å². The molecule has 1 aliphatic rings. The predicted octanol–water partition coefficient (Wildman–Crippen LogP) is 3.05. The Morgan fingerprint density at radius 2 is 1.71 bits per heavy atom. The zero-order valence-electron chi connectivity index (χ0n) is 14.0. The third-order valence-electron chi connectivity index (χ3n) is 4.61. The number of nitrogens with zero attached hydrogens (tertiary/aromatic N) is 2. The summed E-state index contributed by atoms with van der Waals surface area (Å²) in [4.78, 5) is 9.59. The largest absolute Gasteiger partial charge is 0.370 e. The van der Waals surface area contributed by atoms with Gasteiger partial charge < -0.3 is 10.1 Å². The maximum atomic E-state index is 5.81. The van der Waals surface area contributed by atoms with Gasteiger partial charge >= 0.3 is 0 Å². The van der Waals surface area contributed by atoms with Crippen LogP contribution in [0.25, 0.3) is 0 Å². The highest BCUT2D eigenvalue weighted by Gasteiger charge is 2.38. The number of aryl methyl sites for hydroxylation is 2. The monoisotopic (exact) mass is 291 g/mol. The summed E-state index contributed by atoms with van der Waals surface area (Å²) in [5, 5.41) is 3.45. The minimum atomic E-state index is -0.242. The molecular weight excluding hydrogens is 262 g/mol. The zero-order chi connectivity index (χ0) is 15.3. The molecule has 0 bridgehead atoms. The smallest absolute Gasteiger partial charge is 0.160 e. The summed E-state index contributed by atoms with van der Waals surface area (Å²) < 4.78 is 5.81. The van der Waals surface area contributed by atoms with E-state index in [1.54, 1.807) is 7.11 Å². The lowest BCUT2D eigenvalue weighted by molar-refractivity contribution is -0.0166. The summed E-state index contributed by atoms with van der Waals surface area (Å²) in [5.74, 6) is 0.891. The Balaban J connectivity index is 2.16. The molecule has 21 heavy (non-hydrogen) atoms. The van der Waals surface area contributed by atoms with Crippen molar-refractivity contribution in [1.29, 1.82) is 0 Å². The Hall–Kier alpha value is -1.00. The molecule has 4 nitrogen and oxygen atoms in total. The number of nitrogens with one attached hydrogen (secondary N) is 1. The molecule has 1 heterocycles. The number of methoxy groups -OCH3 is 1. The Morgan fingerprint density at radius 1 is 1.10 bits per heavy atom. The molecule has 2 rings (SSSR count). The first-order chi connectivity index (χ1) is 10.1. The summed E-state index contributed by atoms with van der Waals surface area (Å²) in [6.07, 6.45) is 6.66. The molecule has 1 fully saturated rings. The summed E-state index contributed by atoms with van der Waals surface area (Å²) in [5.41, 5.74) is 3.26. The molecule has 1 saturated carbocycles. The molecule has 0 aromatic carbocycles. The van der Waals surface area contributed by atoms with Crippen LogP contribution in [-0.2, 0) is 16.8 Å². The first-order valence-electron chi connectivity index (χ1n) is 8.23. The van der Waals surface area contributed by atoms with Gasteiger partial charge in [-0.2, -0.15) is 0 Å². The molecule has 0 amide bonds. The van der Waals surface area contributed by atoms with Crippen LogP contribution in [0.5, 0.6) is 0 Å². The van der Waals surface area contributed by atoms with Crippen molar-refractivity contribution in [3.63, 3.8) is 0 Å². The van der Waals surface area contributed by atoms with Crippen LogP contribution in [0.3, 0.4) is 0 Å². The lowest BCUT2D eigenvalue weighted by atomic mass is 9.99. The Bertz CT molecular complexity index is 444. The van der Waals surface area contributed by atoms with Crippen LogP contribution in [0.2, 0.25) is 0 Å². The first-order valence-corrected chi connectivity index (χ1v) is 8.23. The fraction of sp³-hybridized carbons (Fsp3) is 0.765. The van der Waals surface area contributed by atoms with Crippen molar-refractivity contribution in [2.24, 2.45) is 0 Å². The van der Waals surface area contributed by atoms with Crippen LogP contribution < -0.4 is 5.32 Å². The average Bonchev–Trinajstić information content (AvgIpc) is 2.95. The number of ether oxygens (including phenoxy) is 1. The molecule has 1 aromatic rings. The highest BCUT2D eigenvalue weighted by Crippen LogP contribution is 2.40. The Morgan fingerprint density at radius 3 is 2.24 bits per heavy atom. The molecule has 1 N–H and O–H groups in total. The molecule has 1 aliphatic carbocycles. The average molecular weight is 291 g/mol. The molecule has 0 spiro atoms. The van der Waals surface area contributed by atoms with E-state index in [1.165, 1.54) is 24.8 Å². The van der Waals surface area contributed by atoms with Crippen molar-refractivity contribution in [3.05, 3.63) is 22.8 Å². The van der Waals surface area contributed by atoms with Gasteiger partial charge in [0.25, 0.3) is 0 Å². The van der Waals surface area contributed by atoms with Gasteiger partial charge in [-0.25, -0.2) is 9.97 Å². The summed E-state index contributed by atoms with van der Waals surface area (Å²) in [7, 11) is 1.79. The first kappa shape index (κ1) is 16.4. The van der Waals surface area contributed by atoms with E-state index in [9.17, 15) is 0 Å². The van der Waals surface area contributed by atoms with Crippen molar-refractivity contribution < 1.29 is 4.74 Å². The third kappa shape index (κ3) is 3.61. The van der Waals surface area contributed by atoms with Crippen LogP contribution >= 0.6 is 0 Å². The molecule has 0 saturated heterocycles. The lowest BCUT2D eigenvalue weighted by Gasteiger charge is -2.27. The van der Waals surface area contributed by atoms with Crippen molar-refractivity contribution in [1.82, 2.24) is 15.3 Å². The second kappa shape index (κ2) is 7.32. The van der Waals surface area contributed by atoms with Gasteiger partial charge in [0.1, 0.15) is 5.60 Å². The van der Waals surface area contributed by atoms with Gasteiger partial charge in [-0.05, 0) is 71.0 Å². The maximum absolute atomic E-state index is 5.81. The second-order valence-corrected chi connectivity index (χ2v) is 6.10. The minimum absolute atomic E-state index is 0.242. The van der Waals surface area contributed by atoms with E-state index in [0.29, 0.717) is 0 Å². The molecule has 0 aliphatic heterocycles. The van der Waals surface area contributed by atoms with Gasteiger partial charge in [-0.1, -0.05) is 6.92 Å². The summed E-state index contributed by atoms with van der Waals surface area (Å²) >= 11 is 0. The topological polar surface area (TPSA) is 47.0 Å². The Labute approximate surface area is 128 Å². The summed E-state index contributed by atoms with van der Waals surface area (Å²) in [6, 6.07) is 0. The van der Waals surface area contributed by atoms with Gasteiger partial charge in [0.2, 0.25) is 0 Å². The van der Waals surface area contributed by atoms with Crippen molar-refractivity contribution in [2.75, 3.05) is 20.2 Å². The number of rotatable bonds is 7. The lowest BCUT2D eigenvalue weighted by Crippen LogP contribution is -2.29. The second-order valence-electron chi connectivity index (χ2n) is 6.10.